The number of ether oxygens (including phenoxy) is 1. The van der Waals surface area contributed by atoms with Crippen LogP contribution in [-0.2, 0) is 0 Å². The molecule has 2 aromatic carbocycles. The van der Waals surface area contributed by atoms with E-state index in [1.165, 1.54) is 16.7 Å². The molecule has 0 spiro atoms. The van der Waals surface area contributed by atoms with Gasteiger partial charge in [0.15, 0.2) is 0 Å². The zero-order chi connectivity index (χ0) is 14.5. The minimum absolute atomic E-state index is 0.303. The van der Waals surface area contributed by atoms with Gasteiger partial charge in [0.1, 0.15) is 5.75 Å². The monoisotopic (exact) mass is 269 g/mol. The lowest BCUT2D eigenvalue weighted by Crippen LogP contribution is -2.22. The Balaban J connectivity index is 2.02. The maximum absolute atomic E-state index is 5.19. The predicted molar refractivity (Wildman–Crippen MR) is 84.1 cm³/mol. The van der Waals surface area contributed by atoms with Crippen molar-refractivity contribution in [3.8, 4) is 5.75 Å². The number of hydrogen-bond acceptors (Lipinski definition) is 2. The van der Waals surface area contributed by atoms with E-state index in [1.54, 1.807) is 7.11 Å². The van der Waals surface area contributed by atoms with Crippen molar-refractivity contribution in [2.45, 2.75) is 32.9 Å². The average molecular weight is 269 g/mol. The highest BCUT2D eigenvalue weighted by molar-refractivity contribution is 5.29. The summed E-state index contributed by atoms with van der Waals surface area (Å²) in [5.74, 6) is 0.896. The lowest BCUT2D eigenvalue weighted by atomic mass is 10.0. The van der Waals surface area contributed by atoms with Gasteiger partial charge >= 0.3 is 0 Å². The van der Waals surface area contributed by atoms with Crippen LogP contribution in [0, 0.1) is 6.92 Å². The van der Waals surface area contributed by atoms with Crippen molar-refractivity contribution in [3.05, 3.63) is 65.2 Å². The Kier molecular flexibility index (Phi) is 4.80. The maximum Gasteiger partial charge on any atom is 0.118 e. The fourth-order valence-corrected chi connectivity index (χ4v) is 2.32. The normalized spacial score (nSPS) is 13.8. The third kappa shape index (κ3) is 3.61. The van der Waals surface area contributed by atoms with Crippen LogP contribution in [0.1, 0.15) is 42.6 Å². The zero-order valence-electron chi connectivity index (χ0n) is 12.7. The van der Waals surface area contributed by atoms with Gasteiger partial charge in [-0.3, -0.25) is 0 Å². The third-order valence-electron chi connectivity index (χ3n) is 3.69. The summed E-state index contributed by atoms with van der Waals surface area (Å²) < 4.78 is 5.19. The zero-order valence-corrected chi connectivity index (χ0v) is 12.7. The van der Waals surface area contributed by atoms with E-state index in [-0.39, 0.29) is 0 Å². The molecule has 2 nitrogen and oxygen atoms in total. The van der Waals surface area contributed by atoms with E-state index in [4.69, 9.17) is 4.74 Å². The molecule has 2 rings (SSSR count). The average Bonchev–Trinajstić information content (AvgIpc) is 2.48. The van der Waals surface area contributed by atoms with Crippen molar-refractivity contribution < 1.29 is 4.74 Å². The van der Waals surface area contributed by atoms with E-state index >= 15 is 0 Å². The molecule has 0 radical (unpaired) electrons. The molecule has 1 unspecified atom stereocenters. The number of methoxy groups -OCH3 is 1. The summed E-state index contributed by atoms with van der Waals surface area (Å²) >= 11 is 0. The molecule has 0 saturated heterocycles. The van der Waals surface area contributed by atoms with Crippen molar-refractivity contribution >= 4 is 0 Å². The van der Waals surface area contributed by atoms with Crippen LogP contribution < -0.4 is 10.1 Å². The number of hydrogen-bond donors (Lipinski definition) is 1. The predicted octanol–water partition coefficient (Wildman–Crippen LogP) is 4.42. The van der Waals surface area contributed by atoms with Crippen molar-refractivity contribution in [2.75, 3.05) is 7.11 Å². The van der Waals surface area contributed by atoms with Crippen molar-refractivity contribution in [1.82, 2.24) is 5.32 Å². The Morgan fingerprint density at radius 2 is 1.25 bits per heavy atom. The molecule has 1 N–H and O–H groups in total. The van der Waals surface area contributed by atoms with Gasteiger partial charge in [0.25, 0.3) is 0 Å². The van der Waals surface area contributed by atoms with E-state index < -0.39 is 0 Å². The largest absolute Gasteiger partial charge is 0.497 e. The highest BCUT2D eigenvalue weighted by Crippen LogP contribution is 2.21. The smallest absolute Gasteiger partial charge is 0.118 e. The summed E-state index contributed by atoms with van der Waals surface area (Å²) in [7, 11) is 1.69. The Morgan fingerprint density at radius 1 is 0.800 bits per heavy atom. The van der Waals surface area contributed by atoms with Crippen LogP contribution in [0.3, 0.4) is 0 Å². The van der Waals surface area contributed by atoms with E-state index in [0.29, 0.717) is 12.1 Å². The van der Waals surface area contributed by atoms with Gasteiger partial charge in [-0.2, -0.15) is 0 Å². The van der Waals surface area contributed by atoms with E-state index in [9.17, 15) is 0 Å². The van der Waals surface area contributed by atoms with Crippen LogP contribution in [-0.4, -0.2) is 7.11 Å². The standard InChI is InChI=1S/C18H23NO/c1-13-5-7-16(8-6-13)14(2)19-15(3)17-9-11-18(20-4)12-10-17/h5-12,14-15,19H,1-4H3/t14-,15?/m0/s1. The summed E-state index contributed by atoms with van der Waals surface area (Å²) in [6.07, 6.45) is 0. The lowest BCUT2D eigenvalue weighted by Gasteiger charge is -2.21. The highest BCUT2D eigenvalue weighted by atomic mass is 16.5. The first-order valence-corrected chi connectivity index (χ1v) is 7.06. The second kappa shape index (κ2) is 6.58. The number of aryl methyl sites for hydroxylation is 1. The highest BCUT2D eigenvalue weighted by Gasteiger charge is 2.11. The summed E-state index contributed by atoms with van der Waals surface area (Å²) in [5, 5.41) is 3.63. The van der Waals surface area contributed by atoms with Crippen molar-refractivity contribution in [1.29, 1.82) is 0 Å². The maximum atomic E-state index is 5.19. The van der Waals surface area contributed by atoms with Gasteiger partial charge in [0.05, 0.1) is 7.11 Å². The van der Waals surface area contributed by atoms with Crippen LogP contribution >= 0.6 is 0 Å². The SMILES string of the molecule is COc1ccc(C(C)N[C@@H](C)c2ccc(C)cc2)cc1. The van der Waals surface area contributed by atoms with Gasteiger partial charge in [0, 0.05) is 12.1 Å². The quantitative estimate of drug-likeness (QED) is 0.867. The van der Waals surface area contributed by atoms with Crippen LogP contribution in [0.5, 0.6) is 5.75 Å². The molecule has 20 heavy (non-hydrogen) atoms. The Hall–Kier alpha value is -1.80. The molecule has 2 aromatic rings. The fourth-order valence-electron chi connectivity index (χ4n) is 2.32. The number of nitrogens with one attached hydrogen (secondary N) is 1. The molecule has 0 fully saturated rings. The van der Waals surface area contributed by atoms with Gasteiger partial charge in [-0.15, -0.1) is 0 Å². The molecule has 0 bridgehead atoms. The minimum atomic E-state index is 0.303. The molecular weight excluding hydrogens is 246 g/mol. The van der Waals surface area contributed by atoms with E-state index in [0.717, 1.165) is 5.75 Å². The summed E-state index contributed by atoms with van der Waals surface area (Å²) in [6.45, 7) is 6.50. The Bertz CT molecular complexity index is 530. The van der Waals surface area contributed by atoms with Gasteiger partial charge < -0.3 is 10.1 Å². The molecule has 2 atom stereocenters. The van der Waals surface area contributed by atoms with Crippen LogP contribution in [0.15, 0.2) is 48.5 Å². The first-order chi connectivity index (χ1) is 9.60. The Morgan fingerprint density at radius 3 is 1.70 bits per heavy atom. The molecule has 0 aliphatic heterocycles. The third-order valence-corrected chi connectivity index (χ3v) is 3.69. The Labute approximate surface area is 121 Å². The van der Waals surface area contributed by atoms with Crippen LogP contribution in [0.25, 0.3) is 0 Å². The molecular formula is C18H23NO. The first kappa shape index (κ1) is 14.6. The van der Waals surface area contributed by atoms with Gasteiger partial charge in [-0.25, -0.2) is 0 Å². The number of benzene rings is 2. The summed E-state index contributed by atoms with van der Waals surface area (Å²) in [6, 6.07) is 17.5. The van der Waals surface area contributed by atoms with Crippen LogP contribution in [0.2, 0.25) is 0 Å². The second-order valence-corrected chi connectivity index (χ2v) is 5.29. The molecule has 0 aliphatic rings. The minimum Gasteiger partial charge on any atom is -0.497 e. The molecule has 0 amide bonds. The van der Waals surface area contributed by atoms with E-state index in [1.807, 2.05) is 12.1 Å². The van der Waals surface area contributed by atoms with Crippen molar-refractivity contribution in [2.24, 2.45) is 0 Å². The fraction of sp³-hybridized carbons (Fsp3) is 0.333. The van der Waals surface area contributed by atoms with Gasteiger partial charge in [-0.1, -0.05) is 42.0 Å². The van der Waals surface area contributed by atoms with Crippen LogP contribution in [0.4, 0.5) is 0 Å². The van der Waals surface area contributed by atoms with Gasteiger partial charge in [-0.05, 0) is 44.0 Å². The molecule has 0 aliphatic carbocycles. The second-order valence-electron chi connectivity index (χ2n) is 5.29. The summed E-state index contributed by atoms with van der Waals surface area (Å²) in [5.41, 5.74) is 3.88. The topological polar surface area (TPSA) is 21.3 Å². The lowest BCUT2D eigenvalue weighted by molar-refractivity contribution is 0.414. The molecule has 0 heterocycles. The van der Waals surface area contributed by atoms with E-state index in [2.05, 4.69) is 62.5 Å². The molecule has 2 heteroatoms. The summed E-state index contributed by atoms with van der Waals surface area (Å²) in [4.78, 5) is 0. The first-order valence-electron chi connectivity index (χ1n) is 7.06. The number of rotatable bonds is 5. The van der Waals surface area contributed by atoms with Crippen molar-refractivity contribution in [3.63, 3.8) is 0 Å². The van der Waals surface area contributed by atoms with Gasteiger partial charge in [0.2, 0.25) is 0 Å². The molecule has 0 saturated carbocycles. The molecule has 0 aromatic heterocycles. The molecule has 106 valence electrons.